The molecule has 0 saturated carbocycles. The number of ether oxygens (including phenoxy) is 1. The van der Waals surface area contributed by atoms with Crippen molar-refractivity contribution in [2.45, 2.75) is 66.2 Å². The van der Waals surface area contributed by atoms with E-state index in [-0.39, 0.29) is 28.8 Å². The molecule has 0 heterocycles. The highest BCUT2D eigenvalue weighted by atomic mass is 16.5. The summed E-state index contributed by atoms with van der Waals surface area (Å²) in [5.41, 5.74) is 2.31. The van der Waals surface area contributed by atoms with Crippen molar-refractivity contribution in [3.05, 3.63) is 34.4 Å². The fraction of sp³-hybridized carbons (Fsp3) is 0.524. The molecule has 0 bridgehead atoms. The lowest BCUT2D eigenvalue weighted by molar-refractivity contribution is -0.137. The maximum atomic E-state index is 12.1. The summed E-state index contributed by atoms with van der Waals surface area (Å²) >= 11 is 0. The Morgan fingerprint density at radius 2 is 1.56 bits per heavy atom. The molecule has 0 spiro atoms. The van der Waals surface area contributed by atoms with Gasteiger partial charge in [-0.3, -0.25) is 0 Å². The van der Waals surface area contributed by atoms with Crippen molar-refractivity contribution in [2.75, 3.05) is 6.61 Å². The summed E-state index contributed by atoms with van der Waals surface area (Å²) < 4.78 is 4.99. The molecule has 0 amide bonds. The van der Waals surface area contributed by atoms with Crippen LogP contribution < -0.4 is 0 Å². The molecule has 1 rings (SSSR count). The molecule has 4 nitrogen and oxygen atoms in total. The zero-order valence-electron chi connectivity index (χ0n) is 16.6. The average molecular weight is 343 g/mol. The predicted octanol–water partition coefficient (Wildman–Crippen LogP) is 4.85. The number of rotatable bonds is 3. The van der Waals surface area contributed by atoms with Gasteiger partial charge in [0.1, 0.15) is 17.4 Å². The number of allylic oxidation sites excluding steroid dienone is 1. The lowest BCUT2D eigenvalue weighted by atomic mass is 9.77. The second-order valence-corrected chi connectivity index (χ2v) is 8.25. The Labute approximate surface area is 151 Å². The molecule has 0 aliphatic rings. The molecule has 4 heteroatoms. The average Bonchev–Trinajstić information content (AvgIpc) is 2.45. The van der Waals surface area contributed by atoms with Gasteiger partial charge in [0.15, 0.2) is 0 Å². The normalized spacial score (nSPS) is 13.1. The molecular weight excluding hydrogens is 314 g/mol. The first kappa shape index (κ1) is 20.8. The Morgan fingerprint density at radius 3 is 1.88 bits per heavy atom. The largest absolute Gasteiger partial charge is 0.507 e. The maximum Gasteiger partial charge on any atom is 0.349 e. The van der Waals surface area contributed by atoms with Crippen LogP contribution in [0.4, 0.5) is 0 Å². The molecule has 0 fully saturated rings. The van der Waals surface area contributed by atoms with Crippen LogP contribution in [0.3, 0.4) is 0 Å². The Morgan fingerprint density at radius 1 is 1.12 bits per heavy atom. The molecule has 0 aliphatic heterocycles. The Balaban J connectivity index is 3.77. The summed E-state index contributed by atoms with van der Waals surface area (Å²) in [6.07, 6.45) is 0. The van der Waals surface area contributed by atoms with Crippen LogP contribution >= 0.6 is 0 Å². The van der Waals surface area contributed by atoms with Gasteiger partial charge in [-0.05, 0) is 47.9 Å². The summed E-state index contributed by atoms with van der Waals surface area (Å²) in [6, 6.07) is 5.67. The van der Waals surface area contributed by atoms with Crippen molar-refractivity contribution >= 4 is 11.5 Å². The van der Waals surface area contributed by atoms with Crippen LogP contribution in [0.5, 0.6) is 5.75 Å². The number of benzene rings is 1. The van der Waals surface area contributed by atoms with Crippen LogP contribution in [-0.4, -0.2) is 17.7 Å². The molecular formula is C21H29NO3. The highest BCUT2D eigenvalue weighted by Gasteiger charge is 2.27. The lowest BCUT2D eigenvalue weighted by Crippen LogP contribution is -2.18. The van der Waals surface area contributed by atoms with Crippen LogP contribution in [0.15, 0.2) is 17.7 Å². The van der Waals surface area contributed by atoms with Gasteiger partial charge in [0, 0.05) is 11.1 Å². The number of esters is 1. The van der Waals surface area contributed by atoms with E-state index in [0.717, 1.165) is 16.7 Å². The number of phenolic OH excluding ortho intramolecular Hbond substituents is 1. The monoisotopic (exact) mass is 343 g/mol. The van der Waals surface area contributed by atoms with Crippen LogP contribution in [-0.2, 0) is 20.4 Å². The zero-order chi connectivity index (χ0) is 19.6. The molecule has 25 heavy (non-hydrogen) atoms. The number of nitriles is 1. The molecule has 1 aromatic carbocycles. The minimum atomic E-state index is -0.620. The quantitative estimate of drug-likeness (QED) is 0.484. The van der Waals surface area contributed by atoms with E-state index >= 15 is 0 Å². The number of aromatic hydroxyl groups is 1. The Hall–Kier alpha value is -2.28. The number of carbonyl (C=O) groups excluding carboxylic acids is 1. The standard InChI is InChI=1S/C21H29NO3/c1-9-25-19(24)15(12-22)13(2)14-10-16(20(3,4)5)18(23)17(11-14)21(6,7)8/h10-11,23H,9H2,1-8H3/b15-13-. The first-order valence-electron chi connectivity index (χ1n) is 8.51. The van der Waals surface area contributed by atoms with Crippen molar-refractivity contribution in [3.8, 4) is 11.8 Å². The molecule has 0 aromatic heterocycles. The van der Waals surface area contributed by atoms with Gasteiger partial charge in [0.2, 0.25) is 0 Å². The minimum Gasteiger partial charge on any atom is -0.507 e. The predicted molar refractivity (Wildman–Crippen MR) is 100 cm³/mol. The van der Waals surface area contributed by atoms with Crippen LogP contribution in [0.1, 0.15) is 72.1 Å². The van der Waals surface area contributed by atoms with E-state index in [1.807, 2.05) is 59.7 Å². The van der Waals surface area contributed by atoms with E-state index in [4.69, 9.17) is 4.74 Å². The zero-order valence-corrected chi connectivity index (χ0v) is 16.6. The number of hydrogen-bond acceptors (Lipinski definition) is 4. The number of nitrogens with zero attached hydrogens (tertiary/aromatic N) is 1. The van der Waals surface area contributed by atoms with Crippen molar-refractivity contribution in [2.24, 2.45) is 0 Å². The van der Waals surface area contributed by atoms with E-state index in [9.17, 15) is 15.2 Å². The van der Waals surface area contributed by atoms with Gasteiger partial charge in [-0.15, -0.1) is 0 Å². The summed E-state index contributed by atoms with van der Waals surface area (Å²) in [7, 11) is 0. The molecule has 0 unspecified atom stereocenters. The van der Waals surface area contributed by atoms with Gasteiger partial charge in [0.05, 0.1) is 6.61 Å². The number of carbonyl (C=O) groups is 1. The van der Waals surface area contributed by atoms with Gasteiger partial charge >= 0.3 is 5.97 Å². The van der Waals surface area contributed by atoms with E-state index in [1.165, 1.54) is 0 Å². The summed E-state index contributed by atoms with van der Waals surface area (Å²) in [5.74, 6) is -0.351. The number of phenols is 1. The lowest BCUT2D eigenvalue weighted by Gasteiger charge is -2.28. The smallest absolute Gasteiger partial charge is 0.349 e. The van der Waals surface area contributed by atoms with Crippen molar-refractivity contribution in [1.82, 2.24) is 0 Å². The molecule has 0 saturated heterocycles. The van der Waals surface area contributed by atoms with Gasteiger partial charge < -0.3 is 9.84 Å². The minimum absolute atomic E-state index is 0.00717. The van der Waals surface area contributed by atoms with E-state index in [1.54, 1.807) is 13.8 Å². The van der Waals surface area contributed by atoms with E-state index in [2.05, 4.69) is 0 Å². The fourth-order valence-electron chi connectivity index (χ4n) is 2.62. The molecule has 0 aliphatic carbocycles. The third kappa shape index (κ3) is 4.63. The van der Waals surface area contributed by atoms with Crippen molar-refractivity contribution < 1.29 is 14.6 Å². The van der Waals surface area contributed by atoms with Crippen molar-refractivity contribution in [1.29, 1.82) is 5.26 Å². The summed E-state index contributed by atoms with van der Waals surface area (Å²) in [4.78, 5) is 12.1. The molecule has 136 valence electrons. The van der Waals surface area contributed by atoms with Crippen LogP contribution in [0, 0.1) is 11.3 Å². The van der Waals surface area contributed by atoms with Gasteiger partial charge in [0.25, 0.3) is 0 Å². The van der Waals surface area contributed by atoms with Crippen LogP contribution in [0.2, 0.25) is 0 Å². The second kappa shape index (κ2) is 7.31. The van der Waals surface area contributed by atoms with Crippen molar-refractivity contribution in [3.63, 3.8) is 0 Å². The molecule has 1 N–H and O–H groups in total. The first-order chi connectivity index (χ1) is 11.3. The summed E-state index contributed by atoms with van der Waals surface area (Å²) in [5, 5.41) is 20.2. The van der Waals surface area contributed by atoms with E-state index in [0.29, 0.717) is 5.57 Å². The van der Waals surface area contributed by atoms with Gasteiger partial charge in [-0.2, -0.15) is 5.26 Å². The third-order valence-corrected chi connectivity index (χ3v) is 4.13. The third-order valence-electron chi connectivity index (χ3n) is 4.13. The summed E-state index contributed by atoms with van der Waals surface area (Å²) in [6.45, 7) is 15.8. The topological polar surface area (TPSA) is 70.3 Å². The fourth-order valence-corrected chi connectivity index (χ4v) is 2.62. The molecule has 0 radical (unpaired) electrons. The van der Waals surface area contributed by atoms with E-state index < -0.39 is 5.97 Å². The first-order valence-corrected chi connectivity index (χ1v) is 8.51. The Kier molecular flexibility index (Phi) is 6.07. The molecule has 1 aromatic rings. The highest BCUT2D eigenvalue weighted by Crippen LogP contribution is 2.41. The van der Waals surface area contributed by atoms with Crippen LogP contribution in [0.25, 0.3) is 5.57 Å². The Bertz CT molecular complexity index is 703. The maximum absolute atomic E-state index is 12.1. The SMILES string of the molecule is CCOC(=O)/C(C#N)=C(/C)c1cc(C(C)(C)C)c(O)c(C(C)(C)C)c1. The highest BCUT2D eigenvalue weighted by molar-refractivity contribution is 6.01. The molecule has 0 atom stereocenters. The second-order valence-electron chi connectivity index (χ2n) is 8.25. The van der Waals surface area contributed by atoms with Gasteiger partial charge in [-0.1, -0.05) is 41.5 Å². The van der Waals surface area contributed by atoms with Gasteiger partial charge in [-0.25, -0.2) is 4.79 Å². The number of hydrogen-bond donors (Lipinski definition) is 1.